The van der Waals surface area contributed by atoms with Gasteiger partial charge >= 0.3 is 0 Å². The Balaban J connectivity index is 1.32. The van der Waals surface area contributed by atoms with Crippen molar-refractivity contribution >= 4 is 23.0 Å². The zero-order valence-corrected chi connectivity index (χ0v) is 15.2. The molecule has 142 valence electrons. The molecule has 0 saturated carbocycles. The van der Waals surface area contributed by atoms with E-state index in [1.807, 2.05) is 30.3 Å². The second kappa shape index (κ2) is 6.85. The van der Waals surface area contributed by atoms with Crippen molar-refractivity contribution in [3.63, 3.8) is 0 Å². The van der Waals surface area contributed by atoms with E-state index in [2.05, 4.69) is 27.1 Å². The lowest BCUT2D eigenvalue weighted by Crippen LogP contribution is -2.54. The van der Waals surface area contributed by atoms with Crippen LogP contribution in [0.4, 0.5) is 10.1 Å². The first kappa shape index (κ1) is 17.1. The number of hydrogen-bond donors (Lipinski definition) is 3. The van der Waals surface area contributed by atoms with Gasteiger partial charge < -0.3 is 5.32 Å². The molecule has 3 N–H and O–H groups in total. The smallest absolute Gasteiger partial charge is 0.265 e. The predicted octanol–water partition coefficient (Wildman–Crippen LogP) is 2.49. The van der Waals surface area contributed by atoms with E-state index in [0.717, 1.165) is 42.2 Å². The molecule has 1 amide bonds. The van der Waals surface area contributed by atoms with E-state index in [1.165, 1.54) is 17.7 Å². The fourth-order valence-corrected chi connectivity index (χ4v) is 3.96. The molecule has 0 saturated heterocycles. The third kappa shape index (κ3) is 3.08. The molecule has 2 aromatic carbocycles. The summed E-state index contributed by atoms with van der Waals surface area (Å²) in [7, 11) is 0. The van der Waals surface area contributed by atoms with Gasteiger partial charge in [-0.25, -0.2) is 14.8 Å². The predicted molar refractivity (Wildman–Crippen MR) is 105 cm³/mol. The lowest BCUT2D eigenvalue weighted by atomic mass is 9.98. The standard InChI is InChI=1S/C21H20FN5O/c22-15-6-4-13(5-7-15)14-8-10-27(11-9-14)12-18-23-17-3-1-2-16-19(17)20(24-18)25-26-21(16)28/h1-8,20,25H,9-12H2,(H,23,24)(H,26,28). The molecule has 0 radical (unpaired) electrons. The molecule has 0 aromatic heterocycles. The number of amides is 1. The van der Waals surface area contributed by atoms with Gasteiger partial charge in [0.2, 0.25) is 0 Å². The SMILES string of the molecule is O=C1NNC2NC(CN3CC=C(c4ccc(F)cc4)CC3)=Nc3cccc1c32. The van der Waals surface area contributed by atoms with Crippen LogP contribution in [-0.4, -0.2) is 36.3 Å². The van der Waals surface area contributed by atoms with Gasteiger partial charge in [-0.1, -0.05) is 24.3 Å². The number of benzene rings is 2. The topological polar surface area (TPSA) is 68.8 Å². The minimum atomic E-state index is -0.209. The van der Waals surface area contributed by atoms with Crippen LogP contribution in [0.15, 0.2) is 53.5 Å². The van der Waals surface area contributed by atoms with Crippen LogP contribution in [-0.2, 0) is 0 Å². The molecule has 28 heavy (non-hydrogen) atoms. The molecular weight excluding hydrogens is 357 g/mol. The lowest BCUT2D eigenvalue weighted by Gasteiger charge is -2.35. The molecule has 3 aliphatic heterocycles. The number of carbonyl (C=O) groups is 1. The summed E-state index contributed by atoms with van der Waals surface area (Å²) in [5.74, 6) is 0.527. The van der Waals surface area contributed by atoms with Crippen molar-refractivity contribution in [2.75, 3.05) is 19.6 Å². The number of amidine groups is 1. The summed E-state index contributed by atoms with van der Waals surface area (Å²) in [5, 5.41) is 3.39. The first-order valence-corrected chi connectivity index (χ1v) is 9.37. The van der Waals surface area contributed by atoms with Crippen molar-refractivity contribution in [2.45, 2.75) is 12.6 Å². The maximum atomic E-state index is 13.1. The highest BCUT2D eigenvalue weighted by atomic mass is 19.1. The number of hydrogen-bond acceptors (Lipinski definition) is 5. The summed E-state index contributed by atoms with van der Waals surface area (Å²) < 4.78 is 13.1. The maximum absolute atomic E-state index is 13.1. The third-order valence-corrected chi connectivity index (χ3v) is 5.39. The largest absolute Gasteiger partial charge is 0.352 e. The Morgan fingerprint density at radius 2 is 2.04 bits per heavy atom. The second-order valence-electron chi connectivity index (χ2n) is 7.19. The number of nitrogens with zero attached hydrogens (tertiary/aromatic N) is 2. The van der Waals surface area contributed by atoms with Crippen LogP contribution in [0.2, 0.25) is 0 Å². The van der Waals surface area contributed by atoms with Crippen molar-refractivity contribution < 1.29 is 9.18 Å². The van der Waals surface area contributed by atoms with Gasteiger partial charge in [-0.15, -0.1) is 0 Å². The summed E-state index contributed by atoms with van der Waals surface area (Å²) >= 11 is 0. The summed E-state index contributed by atoms with van der Waals surface area (Å²) in [6.45, 7) is 2.42. The van der Waals surface area contributed by atoms with Crippen LogP contribution in [0.5, 0.6) is 0 Å². The average Bonchev–Trinajstić information content (AvgIpc) is 2.72. The molecule has 0 bridgehead atoms. The van der Waals surface area contributed by atoms with Crippen LogP contribution in [0.1, 0.15) is 34.1 Å². The fraction of sp³-hybridized carbons (Fsp3) is 0.238. The highest BCUT2D eigenvalue weighted by Gasteiger charge is 2.31. The highest BCUT2D eigenvalue weighted by Crippen LogP contribution is 2.33. The van der Waals surface area contributed by atoms with Crippen molar-refractivity contribution in [2.24, 2.45) is 4.99 Å². The number of halogens is 1. The molecule has 7 heteroatoms. The number of nitrogens with one attached hydrogen (secondary N) is 3. The van der Waals surface area contributed by atoms with Gasteiger partial charge in [-0.2, -0.15) is 0 Å². The van der Waals surface area contributed by atoms with Crippen molar-refractivity contribution in [1.82, 2.24) is 21.1 Å². The van der Waals surface area contributed by atoms with E-state index in [-0.39, 0.29) is 17.9 Å². The van der Waals surface area contributed by atoms with Crippen molar-refractivity contribution in [3.05, 3.63) is 71.0 Å². The molecule has 6 nitrogen and oxygen atoms in total. The first-order valence-electron chi connectivity index (χ1n) is 9.37. The van der Waals surface area contributed by atoms with E-state index >= 15 is 0 Å². The van der Waals surface area contributed by atoms with E-state index in [0.29, 0.717) is 12.1 Å². The summed E-state index contributed by atoms with van der Waals surface area (Å²) in [4.78, 5) is 19.1. The minimum Gasteiger partial charge on any atom is -0.352 e. The van der Waals surface area contributed by atoms with Gasteiger partial charge in [-0.3, -0.25) is 15.1 Å². The molecule has 5 rings (SSSR count). The molecular formula is C21H20FN5O. The quantitative estimate of drug-likeness (QED) is 0.769. The fourth-order valence-electron chi connectivity index (χ4n) is 3.96. The molecule has 2 aromatic rings. The Kier molecular flexibility index (Phi) is 4.18. The van der Waals surface area contributed by atoms with E-state index in [4.69, 9.17) is 4.99 Å². The van der Waals surface area contributed by atoms with Crippen LogP contribution in [0, 0.1) is 5.82 Å². The van der Waals surface area contributed by atoms with Gasteiger partial charge in [-0.05, 0) is 41.8 Å². The van der Waals surface area contributed by atoms with Crippen molar-refractivity contribution in [1.29, 1.82) is 0 Å². The number of aliphatic imine (C=N–C) groups is 1. The Bertz CT molecular complexity index is 998. The Morgan fingerprint density at radius 1 is 1.18 bits per heavy atom. The maximum Gasteiger partial charge on any atom is 0.265 e. The van der Waals surface area contributed by atoms with Crippen LogP contribution in [0.3, 0.4) is 0 Å². The summed E-state index contributed by atoms with van der Waals surface area (Å²) in [6.07, 6.45) is 2.94. The van der Waals surface area contributed by atoms with Crippen LogP contribution < -0.4 is 16.2 Å². The zero-order valence-electron chi connectivity index (χ0n) is 15.2. The van der Waals surface area contributed by atoms with Crippen LogP contribution in [0.25, 0.3) is 5.57 Å². The highest BCUT2D eigenvalue weighted by molar-refractivity contribution is 6.00. The summed E-state index contributed by atoms with van der Waals surface area (Å²) in [5.41, 5.74) is 10.4. The second-order valence-corrected chi connectivity index (χ2v) is 7.19. The molecule has 0 fully saturated rings. The van der Waals surface area contributed by atoms with E-state index < -0.39 is 0 Å². The molecule has 3 aliphatic rings. The third-order valence-electron chi connectivity index (χ3n) is 5.39. The normalized spacial score (nSPS) is 21.2. The molecule has 3 heterocycles. The first-order chi connectivity index (χ1) is 13.7. The van der Waals surface area contributed by atoms with E-state index in [1.54, 1.807) is 0 Å². The Morgan fingerprint density at radius 3 is 2.82 bits per heavy atom. The zero-order chi connectivity index (χ0) is 19.1. The average molecular weight is 377 g/mol. The number of hydrazine groups is 1. The van der Waals surface area contributed by atoms with Crippen LogP contribution >= 0.6 is 0 Å². The van der Waals surface area contributed by atoms with Gasteiger partial charge in [0.25, 0.3) is 5.91 Å². The Hall–Kier alpha value is -3.03. The molecule has 1 atom stereocenters. The van der Waals surface area contributed by atoms with Crippen molar-refractivity contribution in [3.8, 4) is 0 Å². The molecule has 0 aliphatic carbocycles. The Labute approximate surface area is 162 Å². The molecule has 0 spiro atoms. The lowest BCUT2D eigenvalue weighted by molar-refractivity contribution is 0.0904. The summed E-state index contributed by atoms with van der Waals surface area (Å²) in [6, 6.07) is 12.3. The van der Waals surface area contributed by atoms with Gasteiger partial charge in [0.1, 0.15) is 17.8 Å². The van der Waals surface area contributed by atoms with Gasteiger partial charge in [0.05, 0.1) is 12.2 Å². The van der Waals surface area contributed by atoms with Gasteiger partial charge in [0, 0.05) is 24.2 Å². The molecule has 1 unspecified atom stereocenters. The number of carbonyl (C=O) groups excluding carboxylic acids is 1. The van der Waals surface area contributed by atoms with E-state index in [9.17, 15) is 9.18 Å². The minimum absolute atomic E-state index is 0.136. The van der Waals surface area contributed by atoms with Gasteiger partial charge in [0.15, 0.2) is 0 Å². The number of rotatable bonds is 3. The monoisotopic (exact) mass is 377 g/mol.